The number of rotatable bonds is 7. The van der Waals surface area contributed by atoms with Crippen LogP contribution >= 0.6 is 0 Å². The van der Waals surface area contributed by atoms with Crippen molar-refractivity contribution in [2.45, 2.75) is 58.5 Å². The molecule has 1 atom stereocenters. The van der Waals surface area contributed by atoms with Crippen LogP contribution in [-0.4, -0.2) is 53.7 Å². The number of urea groups is 1. The topological polar surface area (TPSA) is 81.7 Å². The summed E-state index contributed by atoms with van der Waals surface area (Å²) in [6.07, 6.45) is 3.18. The van der Waals surface area contributed by atoms with Gasteiger partial charge in [-0.3, -0.25) is 0 Å². The largest absolute Gasteiger partial charge is 0.480 e. The lowest BCUT2D eigenvalue weighted by molar-refractivity contribution is -0.139. The average molecular weight is 299 g/mol. The normalized spacial score (nSPS) is 17.5. The Kier molecular flexibility index (Phi) is 7.50. The fourth-order valence-electron chi connectivity index (χ4n) is 2.73. The molecule has 0 radical (unpaired) electrons. The minimum atomic E-state index is -0.959. The highest BCUT2D eigenvalue weighted by Crippen LogP contribution is 2.14. The molecule has 0 spiro atoms. The van der Waals surface area contributed by atoms with Crippen LogP contribution in [0.25, 0.3) is 0 Å². The third-order valence-corrected chi connectivity index (χ3v) is 3.78. The van der Waals surface area contributed by atoms with Crippen molar-refractivity contribution in [3.63, 3.8) is 0 Å². The molecule has 1 aliphatic heterocycles. The Morgan fingerprint density at radius 2 is 1.95 bits per heavy atom. The maximum atomic E-state index is 12.5. The maximum Gasteiger partial charge on any atom is 0.326 e. The summed E-state index contributed by atoms with van der Waals surface area (Å²) in [4.78, 5) is 25.6. The summed E-state index contributed by atoms with van der Waals surface area (Å²) >= 11 is 0. The van der Waals surface area contributed by atoms with Gasteiger partial charge in [0, 0.05) is 12.6 Å². The quantitative estimate of drug-likeness (QED) is 0.668. The number of hydrogen-bond donors (Lipinski definition) is 3. The molecular weight excluding hydrogens is 270 g/mol. The van der Waals surface area contributed by atoms with Gasteiger partial charge < -0.3 is 20.6 Å². The van der Waals surface area contributed by atoms with E-state index in [4.69, 9.17) is 0 Å². The molecule has 1 heterocycles. The van der Waals surface area contributed by atoms with Gasteiger partial charge in [0.25, 0.3) is 0 Å². The molecule has 21 heavy (non-hydrogen) atoms. The number of piperidine rings is 1. The fraction of sp³-hybridized carbons (Fsp3) is 0.867. The van der Waals surface area contributed by atoms with Crippen LogP contribution in [0.2, 0.25) is 0 Å². The summed E-state index contributed by atoms with van der Waals surface area (Å²) in [6.45, 7) is 8.44. The lowest BCUT2D eigenvalue weighted by atomic mass is 10.0. The van der Waals surface area contributed by atoms with E-state index in [1.54, 1.807) is 0 Å². The second-order valence-corrected chi connectivity index (χ2v) is 6.14. The Labute approximate surface area is 127 Å². The summed E-state index contributed by atoms with van der Waals surface area (Å²) in [5.74, 6) is -0.733. The highest BCUT2D eigenvalue weighted by atomic mass is 16.4. The van der Waals surface area contributed by atoms with E-state index in [1.807, 2.05) is 25.7 Å². The summed E-state index contributed by atoms with van der Waals surface area (Å²) in [5, 5.41) is 15.2. The lowest BCUT2D eigenvalue weighted by Gasteiger charge is -2.35. The molecule has 0 unspecified atom stereocenters. The molecule has 0 aromatic heterocycles. The van der Waals surface area contributed by atoms with Crippen LogP contribution in [0, 0.1) is 5.92 Å². The van der Waals surface area contributed by atoms with Gasteiger partial charge >= 0.3 is 12.0 Å². The Hall–Kier alpha value is -1.30. The number of nitrogens with zero attached hydrogens (tertiary/aromatic N) is 1. The van der Waals surface area contributed by atoms with Gasteiger partial charge in [0.2, 0.25) is 0 Å². The minimum absolute atomic E-state index is 0.208. The van der Waals surface area contributed by atoms with Gasteiger partial charge in [-0.1, -0.05) is 20.8 Å². The van der Waals surface area contributed by atoms with Crippen molar-refractivity contribution in [3.05, 3.63) is 0 Å². The monoisotopic (exact) mass is 299 g/mol. The molecule has 1 rings (SSSR count). The molecule has 0 saturated carbocycles. The van der Waals surface area contributed by atoms with Crippen molar-refractivity contribution in [3.8, 4) is 0 Å². The molecule has 2 amide bonds. The Balaban J connectivity index is 2.67. The molecule has 1 fully saturated rings. The summed E-state index contributed by atoms with van der Waals surface area (Å²) in [7, 11) is 0. The van der Waals surface area contributed by atoms with Gasteiger partial charge in [-0.25, -0.2) is 9.59 Å². The molecule has 6 heteroatoms. The number of amides is 2. The van der Waals surface area contributed by atoms with Crippen molar-refractivity contribution in [1.82, 2.24) is 15.5 Å². The van der Waals surface area contributed by atoms with Crippen LogP contribution in [-0.2, 0) is 4.79 Å². The summed E-state index contributed by atoms with van der Waals surface area (Å²) in [6, 6.07) is -0.838. The molecule has 0 bridgehead atoms. The van der Waals surface area contributed by atoms with Crippen molar-refractivity contribution in [2.24, 2.45) is 5.92 Å². The second kappa shape index (κ2) is 8.87. The molecular formula is C15H29N3O3. The van der Waals surface area contributed by atoms with Crippen LogP contribution in [0.15, 0.2) is 0 Å². The lowest BCUT2D eigenvalue weighted by Crippen LogP contribution is -2.54. The Bertz CT molecular complexity index is 341. The van der Waals surface area contributed by atoms with Gasteiger partial charge in [-0.2, -0.15) is 0 Å². The van der Waals surface area contributed by atoms with Gasteiger partial charge in [0.1, 0.15) is 6.04 Å². The van der Waals surface area contributed by atoms with Gasteiger partial charge in [-0.15, -0.1) is 0 Å². The third kappa shape index (κ3) is 5.91. The number of carboxylic acids is 1. The van der Waals surface area contributed by atoms with Crippen LogP contribution in [0.5, 0.6) is 0 Å². The van der Waals surface area contributed by atoms with E-state index in [0.717, 1.165) is 32.4 Å². The number of aliphatic carboxylic acids is 1. The number of carbonyl (C=O) groups excluding carboxylic acids is 1. The molecule has 3 N–H and O–H groups in total. The predicted octanol–water partition coefficient (Wildman–Crippen LogP) is 1.66. The van der Waals surface area contributed by atoms with E-state index < -0.39 is 12.0 Å². The maximum absolute atomic E-state index is 12.5. The molecule has 0 aromatic carbocycles. The Morgan fingerprint density at radius 1 is 1.33 bits per heavy atom. The summed E-state index contributed by atoms with van der Waals surface area (Å²) < 4.78 is 0. The first kappa shape index (κ1) is 17.8. The minimum Gasteiger partial charge on any atom is -0.480 e. The van der Waals surface area contributed by atoms with E-state index in [-0.39, 0.29) is 18.0 Å². The standard InChI is InChI=1S/C15H29N3O3/c1-4-9-18(12-5-7-16-8-6-12)15(21)17-13(14(19)20)10-11(2)3/h11-13,16H,4-10H2,1-3H3,(H,17,21)(H,19,20)/t13-/m0/s1. The van der Waals surface area contributed by atoms with Crippen LogP contribution in [0.4, 0.5) is 4.79 Å². The van der Waals surface area contributed by atoms with Gasteiger partial charge in [-0.05, 0) is 44.7 Å². The van der Waals surface area contributed by atoms with E-state index in [1.165, 1.54) is 0 Å². The predicted molar refractivity (Wildman–Crippen MR) is 82.3 cm³/mol. The molecule has 6 nitrogen and oxygen atoms in total. The Morgan fingerprint density at radius 3 is 2.43 bits per heavy atom. The SMILES string of the molecule is CCCN(C(=O)N[C@@H](CC(C)C)C(=O)O)C1CCNCC1. The van der Waals surface area contributed by atoms with E-state index in [0.29, 0.717) is 13.0 Å². The van der Waals surface area contributed by atoms with Crippen molar-refractivity contribution in [1.29, 1.82) is 0 Å². The molecule has 1 saturated heterocycles. The molecule has 0 aliphatic carbocycles. The molecule has 0 aromatic rings. The number of carboxylic acid groups (broad SMARTS) is 1. The van der Waals surface area contributed by atoms with Crippen LogP contribution in [0.1, 0.15) is 46.5 Å². The van der Waals surface area contributed by atoms with Gasteiger partial charge in [0.05, 0.1) is 0 Å². The zero-order valence-electron chi connectivity index (χ0n) is 13.4. The third-order valence-electron chi connectivity index (χ3n) is 3.78. The van der Waals surface area contributed by atoms with Crippen molar-refractivity contribution >= 4 is 12.0 Å². The first-order chi connectivity index (χ1) is 9.95. The van der Waals surface area contributed by atoms with Gasteiger partial charge in [0.15, 0.2) is 0 Å². The van der Waals surface area contributed by atoms with Crippen LogP contribution < -0.4 is 10.6 Å². The summed E-state index contributed by atoms with van der Waals surface area (Å²) in [5.41, 5.74) is 0. The highest BCUT2D eigenvalue weighted by molar-refractivity contribution is 5.82. The van der Waals surface area contributed by atoms with E-state index >= 15 is 0 Å². The average Bonchev–Trinajstić information content (AvgIpc) is 2.44. The number of carbonyl (C=O) groups is 2. The van der Waals surface area contributed by atoms with Crippen LogP contribution in [0.3, 0.4) is 0 Å². The van der Waals surface area contributed by atoms with Crippen molar-refractivity contribution < 1.29 is 14.7 Å². The fourth-order valence-corrected chi connectivity index (χ4v) is 2.73. The number of nitrogens with one attached hydrogen (secondary N) is 2. The number of hydrogen-bond acceptors (Lipinski definition) is 3. The highest BCUT2D eigenvalue weighted by Gasteiger charge is 2.28. The van der Waals surface area contributed by atoms with E-state index in [2.05, 4.69) is 10.6 Å². The second-order valence-electron chi connectivity index (χ2n) is 6.14. The first-order valence-electron chi connectivity index (χ1n) is 7.96. The molecule has 1 aliphatic rings. The zero-order valence-corrected chi connectivity index (χ0v) is 13.4. The smallest absolute Gasteiger partial charge is 0.326 e. The van der Waals surface area contributed by atoms with E-state index in [9.17, 15) is 14.7 Å². The van der Waals surface area contributed by atoms with Crippen molar-refractivity contribution in [2.75, 3.05) is 19.6 Å². The molecule has 122 valence electrons. The zero-order chi connectivity index (χ0) is 15.8. The first-order valence-corrected chi connectivity index (χ1v) is 7.96.